The fraction of sp³-hybridized carbons (Fsp3) is 0.800. The van der Waals surface area contributed by atoms with Gasteiger partial charge in [-0.25, -0.2) is 0 Å². The molecule has 0 fully saturated rings. The molecule has 0 spiro atoms. The maximum Gasteiger partial charge on any atom is 0.148 e. The summed E-state index contributed by atoms with van der Waals surface area (Å²) < 4.78 is 0. The monoisotopic (exact) mass is 152 g/mol. The van der Waals surface area contributed by atoms with E-state index in [1.54, 1.807) is 11.8 Å². The van der Waals surface area contributed by atoms with Crippen LogP contribution >= 0.6 is 23.4 Å². The Hall–Kier alpha value is 0.310. The number of Topliss-reactive ketones (excluding diaryl/α,β-unsaturated/α-hetero) is 1. The average molecular weight is 153 g/mol. The van der Waals surface area contributed by atoms with E-state index in [0.29, 0.717) is 0 Å². The van der Waals surface area contributed by atoms with Crippen molar-refractivity contribution < 1.29 is 4.79 Å². The lowest BCUT2D eigenvalue weighted by Crippen LogP contribution is -2.12. The van der Waals surface area contributed by atoms with Gasteiger partial charge >= 0.3 is 0 Å². The Morgan fingerprint density at radius 2 is 2.38 bits per heavy atom. The van der Waals surface area contributed by atoms with Crippen LogP contribution in [0.1, 0.15) is 6.92 Å². The highest BCUT2D eigenvalue weighted by Crippen LogP contribution is 2.04. The molecule has 0 N–H and O–H groups in total. The van der Waals surface area contributed by atoms with Crippen molar-refractivity contribution in [3.05, 3.63) is 0 Å². The minimum atomic E-state index is -0.287. The van der Waals surface area contributed by atoms with E-state index in [0.717, 1.165) is 5.75 Å². The van der Waals surface area contributed by atoms with Crippen LogP contribution in [0, 0.1) is 0 Å². The summed E-state index contributed by atoms with van der Waals surface area (Å²) in [5, 5.41) is -0.287. The lowest BCUT2D eigenvalue weighted by Gasteiger charge is -1.99. The highest BCUT2D eigenvalue weighted by molar-refractivity contribution is 7.98. The average Bonchev–Trinajstić information content (AvgIpc) is 1.67. The van der Waals surface area contributed by atoms with Gasteiger partial charge in [-0.15, -0.1) is 11.6 Å². The maximum absolute atomic E-state index is 10.4. The third-order valence-electron chi connectivity index (χ3n) is 0.754. The summed E-state index contributed by atoms with van der Waals surface area (Å²) in [5.74, 6) is 0.776. The van der Waals surface area contributed by atoms with Gasteiger partial charge in [-0.1, -0.05) is 0 Å². The molecule has 1 unspecified atom stereocenters. The third kappa shape index (κ3) is 3.33. The van der Waals surface area contributed by atoms with Gasteiger partial charge in [0.1, 0.15) is 11.2 Å². The topological polar surface area (TPSA) is 17.1 Å². The molecule has 0 aromatic carbocycles. The second-order valence-corrected chi connectivity index (χ2v) is 2.97. The van der Waals surface area contributed by atoms with Crippen molar-refractivity contribution in [1.82, 2.24) is 0 Å². The molecule has 0 amide bonds. The van der Waals surface area contributed by atoms with Crippen LogP contribution in [0.2, 0.25) is 0 Å². The summed E-state index contributed by atoms with van der Waals surface area (Å²) >= 11 is 7.13. The second kappa shape index (κ2) is 4.21. The Bertz CT molecular complexity index is 84.5. The maximum atomic E-state index is 10.4. The molecule has 0 aromatic rings. The number of rotatable bonds is 3. The standard InChI is InChI=1S/C5H9ClOS/c1-4(7)5(6)3-8-2/h5H,3H2,1-2H3. The summed E-state index contributed by atoms with van der Waals surface area (Å²) in [6.07, 6.45) is 1.93. The molecule has 0 rings (SSSR count). The molecule has 0 aliphatic rings. The van der Waals surface area contributed by atoms with Gasteiger partial charge in [0.05, 0.1) is 0 Å². The van der Waals surface area contributed by atoms with Gasteiger partial charge in [-0.3, -0.25) is 4.79 Å². The van der Waals surface area contributed by atoms with E-state index in [-0.39, 0.29) is 11.2 Å². The van der Waals surface area contributed by atoms with Gasteiger partial charge in [0.2, 0.25) is 0 Å². The van der Waals surface area contributed by atoms with Gasteiger partial charge in [-0.05, 0) is 13.2 Å². The smallest absolute Gasteiger partial charge is 0.148 e. The number of alkyl halides is 1. The van der Waals surface area contributed by atoms with Crippen molar-refractivity contribution in [1.29, 1.82) is 0 Å². The van der Waals surface area contributed by atoms with E-state index < -0.39 is 0 Å². The van der Waals surface area contributed by atoms with E-state index >= 15 is 0 Å². The van der Waals surface area contributed by atoms with Crippen molar-refractivity contribution in [2.75, 3.05) is 12.0 Å². The Balaban J connectivity index is 3.32. The molecule has 8 heavy (non-hydrogen) atoms. The van der Waals surface area contributed by atoms with Crippen LogP contribution in [0.4, 0.5) is 0 Å². The zero-order valence-electron chi connectivity index (χ0n) is 4.98. The summed E-state index contributed by atoms with van der Waals surface area (Å²) in [6, 6.07) is 0. The molecule has 0 radical (unpaired) electrons. The number of ketones is 1. The Morgan fingerprint density at radius 3 is 2.50 bits per heavy atom. The summed E-state index contributed by atoms with van der Waals surface area (Å²) in [6.45, 7) is 1.51. The van der Waals surface area contributed by atoms with Crippen LogP contribution < -0.4 is 0 Å². The molecule has 0 saturated heterocycles. The van der Waals surface area contributed by atoms with Crippen LogP contribution in [-0.2, 0) is 4.79 Å². The number of hydrogen-bond acceptors (Lipinski definition) is 2. The SMILES string of the molecule is CSCC(Cl)C(C)=O. The Morgan fingerprint density at radius 1 is 1.88 bits per heavy atom. The molecular weight excluding hydrogens is 144 g/mol. The lowest BCUT2D eigenvalue weighted by atomic mass is 10.3. The molecule has 0 aliphatic heterocycles. The second-order valence-electron chi connectivity index (χ2n) is 1.53. The van der Waals surface area contributed by atoms with E-state index in [1.807, 2.05) is 6.26 Å². The highest BCUT2D eigenvalue weighted by Gasteiger charge is 2.06. The van der Waals surface area contributed by atoms with E-state index in [2.05, 4.69) is 0 Å². The van der Waals surface area contributed by atoms with Crippen LogP contribution in [0.5, 0.6) is 0 Å². The zero-order valence-corrected chi connectivity index (χ0v) is 6.55. The van der Waals surface area contributed by atoms with Gasteiger partial charge in [0.25, 0.3) is 0 Å². The van der Waals surface area contributed by atoms with Crippen molar-refractivity contribution in [2.24, 2.45) is 0 Å². The van der Waals surface area contributed by atoms with Crippen LogP contribution in [-0.4, -0.2) is 23.2 Å². The number of hydrogen-bond donors (Lipinski definition) is 0. The first-order valence-corrected chi connectivity index (χ1v) is 4.15. The molecule has 0 bridgehead atoms. The normalized spacial score (nSPS) is 13.4. The summed E-state index contributed by atoms with van der Waals surface area (Å²) in [5.41, 5.74) is 0. The molecule has 1 nitrogen and oxygen atoms in total. The van der Waals surface area contributed by atoms with Crippen molar-refractivity contribution >= 4 is 29.1 Å². The number of carbonyl (C=O) groups excluding carboxylic acids is 1. The molecule has 48 valence electrons. The van der Waals surface area contributed by atoms with Gasteiger partial charge in [0, 0.05) is 5.75 Å². The van der Waals surface area contributed by atoms with Gasteiger partial charge < -0.3 is 0 Å². The quantitative estimate of drug-likeness (QED) is 0.571. The first kappa shape index (κ1) is 8.31. The predicted molar refractivity (Wildman–Crippen MR) is 38.7 cm³/mol. The molecule has 0 aliphatic carbocycles. The molecule has 0 aromatic heterocycles. The minimum Gasteiger partial charge on any atom is -0.298 e. The van der Waals surface area contributed by atoms with Gasteiger partial charge in [0.15, 0.2) is 0 Å². The van der Waals surface area contributed by atoms with Crippen LogP contribution in [0.3, 0.4) is 0 Å². The molecule has 0 saturated carbocycles. The summed E-state index contributed by atoms with van der Waals surface area (Å²) in [4.78, 5) is 10.4. The fourth-order valence-corrected chi connectivity index (χ4v) is 1.17. The lowest BCUT2D eigenvalue weighted by molar-refractivity contribution is -0.116. The van der Waals surface area contributed by atoms with Crippen molar-refractivity contribution in [3.8, 4) is 0 Å². The van der Waals surface area contributed by atoms with Crippen LogP contribution in [0.15, 0.2) is 0 Å². The van der Waals surface area contributed by atoms with Crippen molar-refractivity contribution in [3.63, 3.8) is 0 Å². The molecular formula is C5H9ClOS. The minimum absolute atomic E-state index is 0.0565. The highest BCUT2D eigenvalue weighted by atomic mass is 35.5. The number of thioether (sulfide) groups is 1. The predicted octanol–water partition coefficient (Wildman–Crippen LogP) is 1.55. The first-order chi connectivity index (χ1) is 3.68. The van der Waals surface area contributed by atoms with E-state index in [4.69, 9.17) is 11.6 Å². The number of carbonyl (C=O) groups is 1. The van der Waals surface area contributed by atoms with E-state index in [9.17, 15) is 4.79 Å². The Kier molecular flexibility index (Phi) is 4.38. The molecule has 0 heterocycles. The zero-order chi connectivity index (χ0) is 6.57. The largest absolute Gasteiger partial charge is 0.298 e. The van der Waals surface area contributed by atoms with Gasteiger partial charge in [-0.2, -0.15) is 11.8 Å². The molecule has 1 atom stereocenters. The third-order valence-corrected chi connectivity index (χ3v) is 2.07. The van der Waals surface area contributed by atoms with Crippen molar-refractivity contribution in [2.45, 2.75) is 12.3 Å². The Labute approximate surface area is 58.8 Å². The van der Waals surface area contributed by atoms with E-state index in [1.165, 1.54) is 6.92 Å². The molecule has 3 heteroatoms. The fourth-order valence-electron chi connectivity index (χ4n) is 0.264. The summed E-state index contributed by atoms with van der Waals surface area (Å²) in [7, 11) is 0. The first-order valence-electron chi connectivity index (χ1n) is 2.32. The number of halogens is 1. The van der Waals surface area contributed by atoms with Crippen LogP contribution in [0.25, 0.3) is 0 Å².